The van der Waals surface area contributed by atoms with Crippen molar-refractivity contribution in [2.45, 2.75) is 6.92 Å². The SMILES string of the molecule is CCOc1cccc(/C=N/c2ncn[nH]2)c1O. The highest BCUT2D eigenvalue weighted by molar-refractivity contribution is 5.86. The van der Waals surface area contributed by atoms with Crippen molar-refractivity contribution in [1.29, 1.82) is 0 Å². The Morgan fingerprint density at radius 1 is 1.53 bits per heavy atom. The van der Waals surface area contributed by atoms with Gasteiger partial charge in [-0.05, 0) is 19.1 Å². The molecule has 0 aliphatic rings. The van der Waals surface area contributed by atoms with Gasteiger partial charge < -0.3 is 9.84 Å². The van der Waals surface area contributed by atoms with E-state index in [0.717, 1.165) is 0 Å². The lowest BCUT2D eigenvalue weighted by Gasteiger charge is -2.06. The molecule has 0 radical (unpaired) electrons. The topological polar surface area (TPSA) is 83.4 Å². The number of rotatable bonds is 4. The van der Waals surface area contributed by atoms with Gasteiger partial charge in [0, 0.05) is 11.8 Å². The van der Waals surface area contributed by atoms with Crippen LogP contribution in [0.2, 0.25) is 0 Å². The monoisotopic (exact) mass is 232 g/mol. The van der Waals surface area contributed by atoms with Gasteiger partial charge in [0.05, 0.1) is 6.61 Å². The van der Waals surface area contributed by atoms with Crippen LogP contribution >= 0.6 is 0 Å². The predicted molar refractivity (Wildman–Crippen MR) is 62.9 cm³/mol. The van der Waals surface area contributed by atoms with Crippen molar-refractivity contribution in [2.75, 3.05) is 6.61 Å². The Labute approximate surface area is 98.0 Å². The minimum Gasteiger partial charge on any atom is -0.504 e. The first-order valence-corrected chi connectivity index (χ1v) is 5.15. The third-order valence-electron chi connectivity index (χ3n) is 2.06. The van der Waals surface area contributed by atoms with E-state index in [1.54, 1.807) is 18.2 Å². The molecule has 0 fully saturated rings. The van der Waals surface area contributed by atoms with E-state index in [1.165, 1.54) is 12.5 Å². The number of benzene rings is 1. The number of aromatic amines is 1. The number of nitrogens with one attached hydrogen (secondary N) is 1. The highest BCUT2D eigenvalue weighted by Gasteiger charge is 2.05. The van der Waals surface area contributed by atoms with Crippen LogP contribution in [0.5, 0.6) is 11.5 Å². The largest absolute Gasteiger partial charge is 0.504 e. The normalized spacial score (nSPS) is 10.9. The highest BCUT2D eigenvalue weighted by atomic mass is 16.5. The number of para-hydroxylation sites is 1. The molecule has 2 N–H and O–H groups in total. The van der Waals surface area contributed by atoms with Crippen LogP contribution in [0.1, 0.15) is 12.5 Å². The molecule has 2 aromatic rings. The summed E-state index contributed by atoms with van der Waals surface area (Å²) in [4.78, 5) is 7.87. The van der Waals surface area contributed by atoms with E-state index in [4.69, 9.17) is 4.74 Å². The Hall–Kier alpha value is -2.37. The lowest BCUT2D eigenvalue weighted by atomic mass is 10.2. The van der Waals surface area contributed by atoms with Gasteiger partial charge in [-0.15, -0.1) is 0 Å². The average Bonchev–Trinajstić information content (AvgIpc) is 2.83. The van der Waals surface area contributed by atoms with E-state index in [0.29, 0.717) is 23.9 Å². The Morgan fingerprint density at radius 2 is 2.41 bits per heavy atom. The molecule has 2 rings (SSSR count). The second kappa shape index (κ2) is 5.11. The molecule has 0 bridgehead atoms. The van der Waals surface area contributed by atoms with Crippen molar-refractivity contribution in [1.82, 2.24) is 15.2 Å². The third-order valence-corrected chi connectivity index (χ3v) is 2.06. The minimum atomic E-state index is 0.0672. The molecule has 0 spiro atoms. The second-order valence-corrected chi connectivity index (χ2v) is 3.19. The molecule has 0 aliphatic carbocycles. The summed E-state index contributed by atoms with van der Waals surface area (Å²) in [5, 5.41) is 16.1. The van der Waals surface area contributed by atoms with E-state index < -0.39 is 0 Å². The van der Waals surface area contributed by atoms with E-state index in [9.17, 15) is 5.11 Å². The Balaban J connectivity index is 2.24. The van der Waals surface area contributed by atoms with Crippen molar-refractivity contribution < 1.29 is 9.84 Å². The van der Waals surface area contributed by atoms with Crippen molar-refractivity contribution in [3.63, 3.8) is 0 Å². The van der Waals surface area contributed by atoms with Crippen LogP contribution in [0.4, 0.5) is 5.95 Å². The number of ether oxygens (including phenoxy) is 1. The molecule has 1 heterocycles. The summed E-state index contributed by atoms with van der Waals surface area (Å²) in [7, 11) is 0. The van der Waals surface area contributed by atoms with Gasteiger partial charge >= 0.3 is 0 Å². The summed E-state index contributed by atoms with van der Waals surface area (Å²) >= 11 is 0. The zero-order valence-electron chi connectivity index (χ0n) is 9.29. The fraction of sp³-hybridized carbons (Fsp3) is 0.182. The van der Waals surface area contributed by atoms with Crippen molar-refractivity contribution in [2.24, 2.45) is 4.99 Å². The number of aromatic hydroxyl groups is 1. The summed E-state index contributed by atoms with van der Waals surface area (Å²) in [5.74, 6) is 0.887. The smallest absolute Gasteiger partial charge is 0.245 e. The van der Waals surface area contributed by atoms with E-state index in [1.807, 2.05) is 6.92 Å². The lowest BCUT2D eigenvalue weighted by molar-refractivity contribution is 0.318. The van der Waals surface area contributed by atoms with E-state index in [-0.39, 0.29) is 5.75 Å². The Kier molecular flexibility index (Phi) is 3.34. The molecular formula is C11H12N4O2. The van der Waals surface area contributed by atoms with Crippen molar-refractivity contribution >= 4 is 12.2 Å². The average molecular weight is 232 g/mol. The van der Waals surface area contributed by atoms with Crippen LogP contribution < -0.4 is 4.74 Å². The molecule has 0 saturated carbocycles. The quantitative estimate of drug-likeness (QED) is 0.785. The number of phenols is 1. The van der Waals surface area contributed by atoms with Crippen LogP contribution in [-0.4, -0.2) is 33.1 Å². The van der Waals surface area contributed by atoms with Gasteiger partial charge in [0.15, 0.2) is 11.5 Å². The number of aromatic nitrogens is 3. The Bertz CT molecular complexity index is 508. The summed E-state index contributed by atoms with van der Waals surface area (Å²) in [6.07, 6.45) is 2.86. The molecular weight excluding hydrogens is 220 g/mol. The van der Waals surface area contributed by atoms with Gasteiger partial charge in [-0.3, -0.25) is 0 Å². The van der Waals surface area contributed by atoms with Gasteiger partial charge in [-0.25, -0.2) is 10.1 Å². The highest BCUT2D eigenvalue weighted by Crippen LogP contribution is 2.28. The first-order valence-electron chi connectivity index (χ1n) is 5.15. The molecule has 88 valence electrons. The molecule has 6 nitrogen and oxygen atoms in total. The number of aliphatic imine (C=N–C) groups is 1. The maximum absolute atomic E-state index is 9.89. The molecule has 0 unspecified atom stereocenters. The maximum Gasteiger partial charge on any atom is 0.245 e. The molecule has 0 amide bonds. The summed E-state index contributed by atoms with van der Waals surface area (Å²) < 4.78 is 5.27. The zero-order valence-corrected chi connectivity index (χ0v) is 9.29. The fourth-order valence-electron chi connectivity index (χ4n) is 1.31. The van der Waals surface area contributed by atoms with Gasteiger partial charge in [-0.2, -0.15) is 10.1 Å². The first kappa shape index (κ1) is 11.1. The number of nitrogens with zero attached hydrogens (tertiary/aromatic N) is 3. The minimum absolute atomic E-state index is 0.0672. The molecule has 0 aliphatic heterocycles. The van der Waals surface area contributed by atoms with Crippen LogP contribution in [0.3, 0.4) is 0 Å². The number of H-pyrrole nitrogens is 1. The van der Waals surface area contributed by atoms with Gasteiger partial charge in [0.2, 0.25) is 5.95 Å². The molecule has 0 saturated heterocycles. The standard InChI is InChI=1S/C11H12N4O2/c1-2-17-9-5-3-4-8(10(9)16)6-12-11-13-7-14-15-11/h3-7,16H,2H2,1H3,(H,13,14,15)/b12-6+. The van der Waals surface area contributed by atoms with Crippen molar-refractivity contribution in [3.05, 3.63) is 30.1 Å². The summed E-state index contributed by atoms with van der Waals surface area (Å²) in [6, 6.07) is 5.22. The first-order chi connectivity index (χ1) is 8.31. The molecule has 0 atom stereocenters. The Morgan fingerprint density at radius 3 is 3.12 bits per heavy atom. The van der Waals surface area contributed by atoms with Gasteiger partial charge in [-0.1, -0.05) is 6.07 Å². The fourth-order valence-corrected chi connectivity index (χ4v) is 1.31. The van der Waals surface area contributed by atoms with Crippen LogP contribution in [-0.2, 0) is 0 Å². The second-order valence-electron chi connectivity index (χ2n) is 3.19. The van der Waals surface area contributed by atoms with E-state index >= 15 is 0 Å². The van der Waals surface area contributed by atoms with Crippen molar-refractivity contribution in [3.8, 4) is 11.5 Å². The summed E-state index contributed by atoms with van der Waals surface area (Å²) in [6.45, 7) is 2.35. The van der Waals surface area contributed by atoms with Crippen LogP contribution in [0.25, 0.3) is 0 Å². The molecule has 6 heteroatoms. The van der Waals surface area contributed by atoms with Gasteiger partial charge in [0.1, 0.15) is 6.33 Å². The molecule has 1 aromatic heterocycles. The zero-order chi connectivity index (χ0) is 12.1. The maximum atomic E-state index is 9.89. The van der Waals surface area contributed by atoms with Crippen LogP contribution in [0.15, 0.2) is 29.5 Å². The lowest BCUT2D eigenvalue weighted by Crippen LogP contribution is -1.93. The predicted octanol–water partition coefficient (Wildman–Crippen LogP) is 1.66. The molecule has 17 heavy (non-hydrogen) atoms. The third kappa shape index (κ3) is 2.60. The molecule has 1 aromatic carbocycles. The summed E-state index contributed by atoms with van der Waals surface area (Å²) in [5.41, 5.74) is 0.562. The number of hydrogen-bond donors (Lipinski definition) is 2. The van der Waals surface area contributed by atoms with Gasteiger partial charge in [0.25, 0.3) is 0 Å². The van der Waals surface area contributed by atoms with E-state index in [2.05, 4.69) is 20.2 Å². The number of hydrogen-bond acceptors (Lipinski definition) is 5. The number of phenolic OH excluding ortho intramolecular Hbond substituents is 1. The van der Waals surface area contributed by atoms with Crippen LogP contribution in [0, 0.1) is 0 Å².